The van der Waals surface area contributed by atoms with Crippen molar-refractivity contribution in [3.05, 3.63) is 30.1 Å². The first-order valence-electron chi connectivity index (χ1n) is 7.42. The number of benzene rings is 1. The summed E-state index contributed by atoms with van der Waals surface area (Å²) in [6, 6.07) is 3.52. The quantitative estimate of drug-likeness (QED) is 0.774. The molecule has 0 aliphatic heterocycles. The largest absolute Gasteiger partial charge is 0.573 e. The van der Waals surface area contributed by atoms with Crippen LogP contribution in [0.5, 0.6) is 11.8 Å². The molecule has 0 fully saturated rings. The average Bonchev–Trinajstić information content (AvgIpc) is 2.96. The van der Waals surface area contributed by atoms with Gasteiger partial charge < -0.3 is 9.47 Å². The lowest BCUT2D eigenvalue weighted by Crippen LogP contribution is -2.29. The number of nitrogens with one attached hydrogen (secondary N) is 1. The Balaban J connectivity index is 2.26. The van der Waals surface area contributed by atoms with Crippen LogP contribution in [-0.4, -0.2) is 36.7 Å². The number of nitrogens with zero attached hydrogens (tertiary/aromatic N) is 3. The molecule has 0 spiro atoms. The zero-order valence-electron chi connectivity index (χ0n) is 14.1. The fourth-order valence-corrected chi connectivity index (χ4v) is 3.50. The fourth-order valence-electron chi connectivity index (χ4n) is 2.26. The van der Waals surface area contributed by atoms with Gasteiger partial charge in [0.1, 0.15) is 5.75 Å². The molecule has 144 valence electrons. The summed E-state index contributed by atoms with van der Waals surface area (Å²) >= 11 is 0. The van der Waals surface area contributed by atoms with Crippen LogP contribution in [0.2, 0.25) is 0 Å². The van der Waals surface area contributed by atoms with Gasteiger partial charge in [-0.1, -0.05) is 11.2 Å². The van der Waals surface area contributed by atoms with Gasteiger partial charge in [0.05, 0.1) is 18.0 Å². The van der Waals surface area contributed by atoms with Crippen LogP contribution >= 0.6 is 0 Å². The van der Waals surface area contributed by atoms with E-state index in [9.17, 15) is 21.6 Å². The SMILES string of the molecule is CCn1c(OC)nnc1[C@@H](C)NS(=O)(=O)c1cccc(OC(F)(F)F)c1. The Morgan fingerprint density at radius 1 is 1.31 bits per heavy atom. The van der Waals surface area contributed by atoms with Crippen LogP contribution in [0.25, 0.3) is 0 Å². The summed E-state index contributed by atoms with van der Waals surface area (Å²) in [6.07, 6.45) is -4.92. The fraction of sp³-hybridized carbons (Fsp3) is 0.429. The van der Waals surface area contributed by atoms with E-state index in [0.29, 0.717) is 12.4 Å². The molecule has 8 nitrogen and oxygen atoms in total. The summed E-state index contributed by atoms with van der Waals surface area (Å²) in [4.78, 5) is -0.374. The smallest absolute Gasteiger partial charge is 0.467 e. The van der Waals surface area contributed by atoms with Crippen molar-refractivity contribution in [2.24, 2.45) is 0 Å². The molecule has 1 aromatic carbocycles. The van der Waals surface area contributed by atoms with Gasteiger partial charge in [-0.3, -0.25) is 4.57 Å². The van der Waals surface area contributed by atoms with Crippen molar-refractivity contribution in [1.29, 1.82) is 0 Å². The summed E-state index contributed by atoms with van der Waals surface area (Å²) in [7, 11) is -2.72. The zero-order chi connectivity index (χ0) is 19.5. The molecule has 26 heavy (non-hydrogen) atoms. The molecule has 1 heterocycles. The summed E-state index contributed by atoms with van der Waals surface area (Å²) < 4.78 is 74.5. The van der Waals surface area contributed by atoms with E-state index in [4.69, 9.17) is 4.74 Å². The molecule has 0 saturated heterocycles. The highest BCUT2D eigenvalue weighted by Gasteiger charge is 2.32. The highest BCUT2D eigenvalue weighted by atomic mass is 32.2. The van der Waals surface area contributed by atoms with Crippen LogP contribution in [0.3, 0.4) is 0 Å². The molecule has 0 aliphatic carbocycles. The lowest BCUT2D eigenvalue weighted by molar-refractivity contribution is -0.274. The molecule has 0 radical (unpaired) electrons. The third-order valence-corrected chi connectivity index (χ3v) is 4.85. The molecule has 1 N–H and O–H groups in total. The number of hydrogen-bond acceptors (Lipinski definition) is 6. The molecule has 0 aliphatic rings. The van der Waals surface area contributed by atoms with E-state index in [1.807, 2.05) is 0 Å². The Bertz CT molecular complexity index is 867. The Labute approximate surface area is 148 Å². The normalized spacial score (nSPS) is 13.5. The maximum atomic E-state index is 12.5. The van der Waals surface area contributed by atoms with E-state index in [0.717, 1.165) is 24.3 Å². The minimum absolute atomic E-state index is 0.217. The van der Waals surface area contributed by atoms with Crippen LogP contribution in [0.1, 0.15) is 25.7 Å². The topological polar surface area (TPSA) is 95.3 Å². The number of sulfonamides is 1. The predicted molar refractivity (Wildman–Crippen MR) is 84.1 cm³/mol. The Hall–Kier alpha value is -2.34. The molecular formula is C14H17F3N4O4S. The van der Waals surface area contributed by atoms with E-state index in [1.165, 1.54) is 14.0 Å². The van der Waals surface area contributed by atoms with Crippen molar-refractivity contribution in [3.63, 3.8) is 0 Å². The number of methoxy groups -OCH3 is 1. The number of rotatable bonds is 7. The van der Waals surface area contributed by atoms with Gasteiger partial charge in [0.15, 0.2) is 5.82 Å². The second-order valence-corrected chi connectivity index (χ2v) is 6.87. The lowest BCUT2D eigenvalue weighted by atomic mass is 10.3. The van der Waals surface area contributed by atoms with Crippen molar-refractivity contribution >= 4 is 10.0 Å². The third kappa shape index (κ3) is 4.64. The monoisotopic (exact) mass is 394 g/mol. The van der Waals surface area contributed by atoms with E-state index < -0.39 is 28.2 Å². The summed E-state index contributed by atoms with van der Waals surface area (Å²) in [5, 5.41) is 7.68. The van der Waals surface area contributed by atoms with Crippen LogP contribution in [0.4, 0.5) is 13.2 Å². The lowest BCUT2D eigenvalue weighted by Gasteiger charge is -2.15. The van der Waals surface area contributed by atoms with Gasteiger partial charge in [0.2, 0.25) is 10.0 Å². The Kier molecular flexibility index (Phi) is 5.76. The molecule has 12 heteroatoms. The maximum absolute atomic E-state index is 12.5. The van der Waals surface area contributed by atoms with Crippen molar-refractivity contribution < 1.29 is 31.1 Å². The summed E-state index contributed by atoms with van der Waals surface area (Å²) in [6.45, 7) is 3.77. The van der Waals surface area contributed by atoms with Crippen molar-refractivity contribution in [2.75, 3.05) is 7.11 Å². The average molecular weight is 394 g/mol. The highest BCUT2D eigenvalue weighted by molar-refractivity contribution is 7.89. The van der Waals surface area contributed by atoms with Crippen molar-refractivity contribution in [2.45, 2.75) is 37.7 Å². The molecule has 2 rings (SSSR count). The molecule has 1 atom stereocenters. The molecular weight excluding hydrogens is 377 g/mol. The predicted octanol–water partition coefficient (Wildman–Crippen LogP) is 2.24. The Morgan fingerprint density at radius 3 is 2.58 bits per heavy atom. The van der Waals surface area contributed by atoms with Gasteiger partial charge in [-0.25, -0.2) is 13.1 Å². The molecule has 0 unspecified atom stereocenters. The first-order chi connectivity index (χ1) is 12.1. The van der Waals surface area contributed by atoms with Gasteiger partial charge >= 0.3 is 12.4 Å². The number of aromatic nitrogens is 3. The Morgan fingerprint density at radius 2 is 2.00 bits per heavy atom. The maximum Gasteiger partial charge on any atom is 0.573 e. The van der Waals surface area contributed by atoms with E-state index in [1.54, 1.807) is 11.5 Å². The molecule has 0 saturated carbocycles. The van der Waals surface area contributed by atoms with E-state index >= 15 is 0 Å². The number of hydrogen-bond donors (Lipinski definition) is 1. The molecule has 0 amide bonds. The molecule has 0 bridgehead atoms. The second kappa shape index (κ2) is 7.50. The minimum atomic E-state index is -4.92. The van der Waals surface area contributed by atoms with Gasteiger partial charge in [-0.2, -0.15) is 0 Å². The van der Waals surface area contributed by atoms with Crippen LogP contribution in [0.15, 0.2) is 29.2 Å². The number of ether oxygens (including phenoxy) is 2. The van der Waals surface area contributed by atoms with Gasteiger partial charge in [0.25, 0.3) is 0 Å². The standard InChI is InChI=1S/C14H17F3N4O4S/c1-4-21-12(18-19-13(21)24-3)9(2)20-26(22,23)11-7-5-6-10(8-11)25-14(15,16)17/h5-9,20H,4H2,1-3H3/t9-/m1/s1. The summed E-state index contributed by atoms with van der Waals surface area (Å²) in [5.74, 6) is -0.331. The van der Waals surface area contributed by atoms with Gasteiger partial charge in [-0.15, -0.1) is 18.3 Å². The van der Waals surface area contributed by atoms with E-state index in [2.05, 4.69) is 19.7 Å². The minimum Gasteiger partial charge on any atom is -0.467 e. The van der Waals surface area contributed by atoms with Gasteiger partial charge in [-0.05, 0) is 26.0 Å². The third-order valence-electron chi connectivity index (χ3n) is 3.31. The van der Waals surface area contributed by atoms with Crippen LogP contribution in [-0.2, 0) is 16.6 Å². The van der Waals surface area contributed by atoms with Gasteiger partial charge in [0, 0.05) is 12.6 Å². The second-order valence-electron chi connectivity index (χ2n) is 5.15. The van der Waals surface area contributed by atoms with Crippen molar-refractivity contribution in [3.8, 4) is 11.8 Å². The first kappa shape index (κ1) is 20.0. The van der Waals surface area contributed by atoms with Crippen LogP contribution < -0.4 is 14.2 Å². The van der Waals surface area contributed by atoms with E-state index in [-0.39, 0.29) is 10.9 Å². The summed E-state index contributed by atoms with van der Waals surface area (Å²) in [5.41, 5.74) is 0. The molecule has 2 aromatic rings. The van der Waals surface area contributed by atoms with Crippen LogP contribution in [0, 0.1) is 0 Å². The number of halogens is 3. The molecule has 1 aromatic heterocycles. The zero-order valence-corrected chi connectivity index (χ0v) is 14.9. The van der Waals surface area contributed by atoms with Crippen molar-refractivity contribution in [1.82, 2.24) is 19.5 Å². The number of alkyl halides is 3. The highest BCUT2D eigenvalue weighted by Crippen LogP contribution is 2.26. The first-order valence-corrected chi connectivity index (χ1v) is 8.91.